The van der Waals surface area contributed by atoms with Crippen LogP contribution in [-0.4, -0.2) is 51.2 Å². The van der Waals surface area contributed by atoms with Crippen LogP contribution in [0.5, 0.6) is 0 Å². The molecule has 1 aliphatic heterocycles. The monoisotopic (exact) mass is 481 g/mol. The molecule has 5 rings (SSSR count). The summed E-state index contributed by atoms with van der Waals surface area (Å²) in [5, 5.41) is 5.23. The van der Waals surface area contributed by atoms with Crippen molar-refractivity contribution in [3.05, 3.63) is 57.5 Å². The fraction of sp³-hybridized carbons (Fsp3) is 0.500. The van der Waals surface area contributed by atoms with Crippen molar-refractivity contribution in [2.24, 2.45) is 5.11 Å². The van der Waals surface area contributed by atoms with Gasteiger partial charge < -0.3 is 14.2 Å². The normalized spacial score (nSPS) is 21.3. The van der Waals surface area contributed by atoms with Gasteiger partial charge in [0.1, 0.15) is 6.67 Å². The van der Waals surface area contributed by atoms with Crippen LogP contribution in [0.15, 0.2) is 35.1 Å². The molecule has 2 atom stereocenters. The molecule has 1 aromatic heterocycles. The van der Waals surface area contributed by atoms with Crippen LogP contribution < -0.4 is 5.43 Å². The standard InChI is InChI=1S/C24H28FN7O3/c1-3-35-24(34)31-12-15-11-17(9-10-19(15)28-31)32(16-7-8-16)23(33)18-5-4-6-20-21(18)22(25)14(2)30(20)13-27-29-26/h4-6,12,16-17,19,28H,3,7-11,13H2,1-2H3. The smallest absolute Gasteiger partial charge is 0.428 e. The van der Waals surface area contributed by atoms with Gasteiger partial charge in [-0.2, -0.15) is 0 Å². The van der Waals surface area contributed by atoms with Gasteiger partial charge in [0.15, 0.2) is 5.82 Å². The lowest BCUT2D eigenvalue weighted by atomic mass is 9.86. The number of rotatable bonds is 6. The summed E-state index contributed by atoms with van der Waals surface area (Å²) in [4.78, 5) is 30.8. The minimum absolute atomic E-state index is 0.0360. The van der Waals surface area contributed by atoms with Gasteiger partial charge in [0.05, 0.1) is 23.4 Å². The van der Waals surface area contributed by atoms with Gasteiger partial charge in [0.25, 0.3) is 5.91 Å². The Labute approximate surface area is 201 Å². The zero-order chi connectivity index (χ0) is 24.7. The molecule has 1 aromatic carbocycles. The number of amides is 2. The molecule has 2 aliphatic carbocycles. The van der Waals surface area contributed by atoms with Crippen LogP contribution in [-0.2, 0) is 11.4 Å². The number of hydrogen-bond acceptors (Lipinski definition) is 5. The number of ether oxygens (including phenoxy) is 1. The summed E-state index contributed by atoms with van der Waals surface area (Å²) < 4.78 is 22.0. The Morgan fingerprint density at radius 2 is 2.06 bits per heavy atom. The molecule has 2 fully saturated rings. The number of aromatic nitrogens is 1. The molecule has 0 spiro atoms. The van der Waals surface area contributed by atoms with Crippen molar-refractivity contribution >= 4 is 22.9 Å². The molecule has 184 valence electrons. The van der Waals surface area contributed by atoms with Crippen LogP contribution in [0.4, 0.5) is 9.18 Å². The molecular formula is C24H28FN7O3. The maximum absolute atomic E-state index is 15.4. The highest BCUT2D eigenvalue weighted by Crippen LogP contribution is 2.39. The Balaban J connectivity index is 1.45. The van der Waals surface area contributed by atoms with Crippen LogP contribution in [0.3, 0.4) is 0 Å². The number of carbonyl (C=O) groups is 2. The molecule has 1 N–H and O–H groups in total. The van der Waals surface area contributed by atoms with Crippen molar-refractivity contribution < 1.29 is 18.7 Å². The summed E-state index contributed by atoms with van der Waals surface area (Å²) in [6, 6.07) is 5.29. The molecule has 0 bridgehead atoms. The van der Waals surface area contributed by atoms with Crippen LogP contribution >= 0.6 is 0 Å². The maximum Gasteiger partial charge on any atom is 0.428 e. The lowest BCUT2D eigenvalue weighted by molar-refractivity contribution is 0.0628. The fourth-order valence-corrected chi connectivity index (χ4v) is 5.31. The van der Waals surface area contributed by atoms with Gasteiger partial charge >= 0.3 is 6.09 Å². The first-order valence-electron chi connectivity index (χ1n) is 12.0. The number of nitrogens with one attached hydrogen (secondary N) is 1. The highest BCUT2D eigenvalue weighted by molar-refractivity contribution is 6.07. The second kappa shape index (κ2) is 9.24. The topological polar surface area (TPSA) is 116 Å². The number of nitrogens with zero attached hydrogens (tertiary/aromatic N) is 6. The summed E-state index contributed by atoms with van der Waals surface area (Å²) in [6.45, 7) is 3.63. The summed E-state index contributed by atoms with van der Waals surface area (Å²) in [6.07, 6.45) is 5.39. The van der Waals surface area contributed by atoms with E-state index in [-0.39, 0.29) is 36.1 Å². The zero-order valence-electron chi connectivity index (χ0n) is 19.8. The number of hydrogen-bond donors (Lipinski definition) is 1. The summed E-state index contributed by atoms with van der Waals surface area (Å²) >= 11 is 0. The van der Waals surface area contributed by atoms with Gasteiger partial charge in [-0.15, -0.1) is 0 Å². The molecule has 2 heterocycles. The molecule has 35 heavy (non-hydrogen) atoms. The molecule has 2 aromatic rings. The lowest BCUT2D eigenvalue weighted by Crippen LogP contribution is -2.47. The van der Waals surface area contributed by atoms with E-state index in [1.165, 1.54) is 5.01 Å². The van der Waals surface area contributed by atoms with Crippen LogP contribution in [0.2, 0.25) is 0 Å². The quantitative estimate of drug-likeness (QED) is 0.364. The van der Waals surface area contributed by atoms with Gasteiger partial charge in [-0.3, -0.25) is 4.79 Å². The summed E-state index contributed by atoms with van der Waals surface area (Å²) in [5.74, 6) is -0.653. The van der Waals surface area contributed by atoms with Crippen molar-refractivity contribution in [3.8, 4) is 0 Å². The molecule has 3 aliphatic rings. The van der Waals surface area contributed by atoms with Gasteiger partial charge in [0, 0.05) is 34.6 Å². The largest absolute Gasteiger partial charge is 0.449 e. The Hall–Kier alpha value is -3.56. The second-order valence-corrected chi connectivity index (χ2v) is 9.23. The summed E-state index contributed by atoms with van der Waals surface area (Å²) in [5.41, 5.74) is 14.1. The van der Waals surface area contributed by atoms with Crippen molar-refractivity contribution in [1.82, 2.24) is 19.9 Å². The van der Waals surface area contributed by atoms with E-state index in [9.17, 15) is 9.59 Å². The van der Waals surface area contributed by atoms with Gasteiger partial charge in [-0.1, -0.05) is 11.2 Å². The molecule has 2 saturated carbocycles. The van der Waals surface area contributed by atoms with Crippen LogP contribution in [0, 0.1) is 12.7 Å². The SMILES string of the molecule is CCOC(=O)N1C=C2CC(N(C(=O)c3cccc4c3c(F)c(C)n4CN=[N+]=[N-])C3CC3)CCC2N1. The predicted molar refractivity (Wildman–Crippen MR) is 126 cm³/mol. The Morgan fingerprint density at radius 1 is 1.29 bits per heavy atom. The van der Waals surface area contributed by atoms with E-state index < -0.39 is 11.9 Å². The first kappa shape index (κ1) is 23.2. The average Bonchev–Trinajstić information content (AvgIpc) is 3.54. The van der Waals surface area contributed by atoms with E-state index in [2.05, 4.69) is 15.5 Å². The molecule has 2 unspecified atom stereocenters. The Bertz CT molecular complexity index is 1260. The van der Waals surface area contributed by atoms with Gasteiger partial charge in [-0.05, 0) is 69.2 Å². The molecule has 0 radical (unpaired) electrons. The Kier molecular flexibility index (Phi) is 6.12. The second-order valence-electron chi connectivity index (χ2n) is 9.23. The molecule has 0 saturated heterocycles. The van der Waals surface area contributed by atoms with E-state index in [1.54, 1.807) is 42.8 Å². The fourth-order valence-electron chi connectivity index (χ4n) is 5.31. The highest BCUT2D eigenvalue weighted by Gasteiger charge is 2.42. The minimum Gasteiger partial charge on any atom is -0.449 e. The third kappa shape index (κ3) is 4.11. The maximum atomic E-state index is 15.4. The zero-order valence-corrected chi connectivity index (χ0v) is 19.8. The number of halogens is 1. The van der Waals surface area contributed by atoms with E-state index in [4.69, 9.17) is 10.3 Å². The number of hydrazine groups is 1. The van der Waals surface area contributed by atoms with Crippen molar-refractivity contribution in [1.29, 1.82) is 0 Å². The molecule has 11 heteroatoms. The number of azide groups is 1. The van der Waals surface area contributed by atoms with Crippen LogP contribution in [0.1, 0.15) is 55.1 Å². The van der Waals surface area contributed by atoms with Crippen molar-refractivity contribution in [3.63, 3.8) is 0 Å². The van der Waals surface area contributed by atoms with E-state index in [1.807, 2.05) is 4.90 Å². The van der Waals surface area contributed by atoms with E-state index in [0.29, 0.717) is 29.8 Å². The van der Waals surface area contributed by atoms with E-state index in [0.717, 1.165) is 31.3 Å². The highest BCUT2D eigenvalue weighted by atomic mass is 19.1. The van der Waals surface area contributed by atoms with E-state index >= 15 is 4.39 Å². The van der Waals surface area contributed by atoms with Crippen molar-refractivity contribution in [2.75, 3.05) is 6.61 Å². The van der Waals surface area contributed by atoms with Gasteiger partial charge in [-0.25, -0.2) is 19.6 Å². The number of fused-ring (bicyclic) bond motifs is 2. The lowest BCUT2D eigenvalue weighted by Gasteiger charge is -2.37. The van der Waals surface area contributed by atoms with Gasteiger partial charge in [0.2, 0.25) is 0 Å². The van der Waals surface area contributed by atoms with Crippen LogP contribution in [0.25, 0.3) is 21.3 Å². The summed E-state index contributed by atoms with van der Waals surface area (Å²) in [7, 11) is 0. The first-order valence-corrected chi connectivity index (χ1v) is 12.0. The Morgan fingerprint density at radius 3 is 2.77 bits per heavy atom. The first-order chi connectivity index (χ1) is 16.9. The molecule has 2 amide bonds. The minimum atomic E-state index is -0.468. The number of benzene rings is 1. The average molecular weight is 482 g/mol. The number of carbonyl (C=O) groups excluding carboxylic acids is 2. The predicted octanol–water partition coefficient (Wildman–Crippen LogP) is 4.74. The third-order valence-corrected chi connectivity index (χ3v) is 7.10. The van der Waals surface area contributed by atoms with Crippen molar-refractivity contribution in [2.45, 2.75) is 70.7 Å². The molecule has 10 nitrogen and oxygen atoms in total. The molecular weight excluding hydrogens is 453 g/mol. The third-order valence-electron chi connectivity index (χ3n) is 7.10.